The maximum absolute atomic E-state index is 11.5. The molecule has 0 aliphatic carbocycles. The molecule has 16 heavy (non-hydrogen) atoms. The van der Waals surface area contributed by atoms with E-state index >= 15 is 0 Å². The average Bonchev–Trinajstić information content (AvgIpc) is 2.33. The molecule has 0 atom stereocenters. The highest BCUT2D eigenvalue weighted by molar-refractivity contribution is 5.93. The number of carbonyl (C=O) groups excluding carboxylic acids is 1. The second kappa shape index (κ2) is 7.86. The summed E-state index contributed by atoms with van der Waals surface area (Å²) in [4.78, 5) is 11.5. The van der Waals surface area contributed by atoms with Crippen molar-refractivity contribution in [1.29, 1.82) is 0 Å². The van der Waals surface area contributed by atoms with Gasteiger partial charge in [-0.2, -0.15) is 0 Å². The zero-order valence-electron chi connectivity index (χ0n) is 9.99. The van der Waals surface area contributed by atoms with Crippen LogP contribution in [-0.2, 0) is 4.79 Å². The third kappa shape index (κ3) is 5.50. The number of hydrogen-bond acceptors (Lipinski definition) is 1. The standard InChI is InChI=1S/C15H20O/c1-2-3-4-8-11-15(16)13-12-14-9-6-5-7-10-14/h5-7,9-10,12-13H,2-4,8,11H2,1H3/b13-12-. The van der Waals surface area contributed by atoms with Gasteiger partial charge >= 0.3 is 0 Å². The van der Waals surface area contributed by atoms with E-state index in [0.29, 0.717) is 6.42 Å². The van der Waals surface area contributed by atoms with Gasteiger partial charge in [0.25, 0.3) is 0 Å². The maximum atomic E-state index is 11.5. The molecule has 0 heterocycles. The molecule has 0 saturated heterocycles. The molecule has 0 fully saturated rings. The molecule has 0 N–H and O–H groups in total. The van der Waals surface area contributed by atoms with Crippen LogP contribution in [0.15, 0.2) is 36.4 Å². The molecule has 0 unspecified atom stereocenters. The van der Waals surface area contributed by atoms with Gasteiger partial charge in [-0.3, -0.25) is 4.79 Å². The van der Waals surface area contributed by atoms with E-state index in [1.165, 1.54) is 19.3 Å². The molecular formula is C15H20O. The van der Waals surface area contributed by atoms with Crippen molar-refractivity contribution in [3.63, 3.8) is 0 Å². The molecule has 0 aliphatic heterocycles. The van der Waals surface area contributed by atoms with Crippen LogP contribution < -0.4 is 0 Å². The molecule has 86 valence electrons. The summed E-state index contributed by atoms with van der Waals surface area (Å²) in [5.41, 5.74) is 1.09. The zero-order valence-corrected chi connectivity index (χ0v) is 9.99. The summed E-state index contributed by atoms with van der Waals surface area (Å²) >= 11 is 0. The minimum atomic E-state index is 0.236. The third-order valence-corrected chi connectivity index (χ3v) is 2.54. The van der Waals surface area contributed by atoms with Gasteiger partial charge in [-0.1, -0.05) is 62.6 Å². The summed E-state index contributed by atoms with van der Waals surface area (Å²) < 4.78 is 0. The second-order valence-corrected chi connectivity index (χ2v) is 4.02. The number of unbranched alkanes of at least 4 members (excludes halogenated alkanes) is 3. The molecule has 0 saturated carbocycles. The van der Waals surface area contributed by atoms with Crippen LogP contribution in [-0.4, -0.2) is 5.78 Å². The first-order valence-electron chi connectivity index (χ1n) is 6.09. The van der Waals surface area contributed by atoms with Crippen molar-refractivity contribution in [2.75, 3.05) is 0 Å². The molecule has 1 aromatic carbocycles. The van der Waals surface area contributed by atoms with Crippen LogP contribution in [0, 0.1) is 0 Å². The highest BCUT2D eigenvalue weighted by Crippen LogP contribution is 2.05. The van der Waals surface area contributed by atoms with E-state index in [2.05, 4.69) is 6.92 Å². The van der Waals surface area contributed by atoms with Crippen LogP contribution in [0.3, 0.4) is 0 Å². The fourth-order valence-corrected chi connectivity index (χ4v) is 1.56. The van der Waals surface area contributed by atoms with Gasteiger partial charge in [0, 0.05) is 6.42 Å². The van der Waals surface area contributed by atoms with Crippen molar-refractivity contribution < 1.29 is 4.79 Å². The van der Waals surface area contributed by atoms with Crippen molar-refractivity contribution in [2.45, 2.75) is 39.0 Å². The van der Waals surface area contributed by atoms with Crippen molar-refractivity contribution in [3.8, 4) is 0 Å². The van der Waals surface area contributed by atoms with Crippen LogP contribution in [0.5, 0.6) is 0 Å². The number of allylic oxidation sites excluding steroid dienone is 1. The van der Waals surface area contributed by atoms with E-state index in [-0.39, 0.29) is 5.78 Å². The van der Waals surface area contributed by atoms with E-state index in [0.717, 1.165) is 12.0 Å². The van der Waals surface area contributed by atoms with E-state index < -0.39 is 0 Å². The van der Waals surface area contributed by atoms with Crippen LogP contribution in [0.2, 0.25) is 0 Å². The Labute approximate surface area is 98.2 Å². The van der Waals surface area contributed by atoms with Crippen LogP contribution in [0.4, 0.5) is 0 Å². The highest BCUT2D eigenvalue weighted by Gasteiger charge is 1.96. The van der Waals surface area contributed by atoms with Gasteiger partial charge in [0.2, 0.25) is 0 Å². The van der Waals surface area contributed by atoms with E-state index in [9.17, 15) is 4.79 Å². The Balaban J connectivity index is 2.26. The molecule has 0 aliphatic rings. The number of benzene rings is 1. The summed E-state index contributed by atoms with van der Waals surface area (Å²) in [6.07, 6.45) is 8.91. The number of ketones is 1. The van der Waals surface area contributed by atoms with E-state index in [1.807, 2.05) is 36.4 Å². The maximum Gasteiger partial charge on any atom is 0.155 e. The molecule has 0 radical (unpaired) electrons. The second-order valence-electron chi connectivity index (χ2n) is 4.02. The first-order valence-corrected chi connectivity index (χ1v) is 6.09. The summed E-state index contributed by atoms with van der Waals surface area (Å²) in [7, 11) is 0. The minimum Gasteiger partial charge on any atom is -0.295 e. The fourth-order valence-electron chi connectivity index (χ4n) is 1.56. The van der Waals surface area contributed by atoms with Crippen LogP contribution in [0.25, 0.3) is 6.08 Å². The van der Waals surface area contributed by atoms with Crippen LogP contribution >= 0.6 is 0 Å². The molecule has 1 nitrogen and oxygen atoms in total. The SMILES string of the molecule is CCCCCCC(=O)/C=C\c1ccccc1. The van der Waals surface area contributed by atoms with E-state index in [4.69, 9.17) is 0 Å². The third-order valence-electron chi connectivity index (χ3n) is 2.54. The average molecular weight is 216 g/mol. The number of rotatable bonds is 7. The molecule has 1 heteroatoms. The lowest BCUT2D eigenvalue weighted by atomic mass is 10.1. The Hall–Kier alpha value is -1.37. The van der Waals surface area contributed by atoms with Gasteiger partial charge in [-0.15, -0.1) is 0 Å². The summed E-state index contributed by atoms with van der Waals surface area (Å²) in [6.45, 7) is 2.18. The summed E-state index contributed by atoms with van der Waals surface area (Å²) in [6, 6.07) is 9.93. The largest absolute Gasteiger partial charge is 0.295 e. The molecular weight excluding hydrogens is 196 g/mol. The summed E-state index contributed by atoms with van der Waals surface area (Å²) in [5, 5.41) is 0. The Kier molecular flexibility index (Phi) is 6.24. The number of carbonyl (C=O) groups is 1. The Bertz CT molecular complexity index is 325. The van der Waals surface area contributed by atoms with Gasteiger partial charge < -0.3 is 0 Å². The molecule has 0 aromatic heterocycles. The van der Waals surface area contributed by atoms with Crippen molar-refractivity contribution in [3.05, 3.63) is 42.0 Å². The Morgan fingerprint density at radius 1 is 1.12 bits per heavy atom. The Morgan fingerprint density at radius 2 is 1.88 bits per heavy atom. The normalized spacial score (nSPS) is 10.8. The first kappa shape index (κ1) is 12.7. The smallest absolute Gasteiger partial charge is 0.155 e. The Morgan fingerprint density at radius 3 is 2.56 bits per heavy atom. The van der Waals surface area contributed by atoms with Gasteiger partial charge in [0.05, 0.1) is 0 Å². The lowest BCUT2D eigenvalue weighted by Gasteiger charge is -1.96. The van der Waals surface area contributed by atoms with Gasteiger partial charge in [0.15, 0.2) is 5.78 Å². The minimum absolute atomic E-state index is 0.236. The topological polar surface area (TPSA) is 17.1 Å². The van der Waals surface area contributed by atoms with Crippen molar-refractivity contribution in [1.82, 2.24) is 0 Å². The van der Waals surface area contributed by atoms with Crippen molar-refractivity contribution >= 4 is 11.9 Å². The predicted molar refractivity (Wildman–Crippen MR) is 69.2 cm³/mol. The monoisotopic (exact) mass is 216 g/mol. The van der Waals surface area contributed by atoms with Gasteiger partial charge in [-0.25, -0.2) is 0 Å². The number of hydrogen-bond donors (Lipinski definition) is 0. The van der Waals surface area contributed by atoms with Crippen molar-refractivity contribution in [2.24, 2.45) is 0 Å². The molecule has 0 amide bonds. The molecule has 1 rings (SSSR count). The summed E-state index contributed by atoms with van der Waals surface area (Å²) in [5.74, 6) is 0.236. The quantitative estimate of drug-likeness (QED) is 0.492. The van der Waals surface area contributed by atoms with Gasteiger partial charge in [0.1, 0.15) is 0 Å². The molecule has 0 spiro atoms. The van der Waals surface area contributed by atoms with Gasteiger partial charge in [-0.05, 0) is 18.1 Å². The lowest BCUT2D eigenvalue weighted by Crippen LogP contribution is -1.91. The van der Waals surface area contributed by atoms with E-state index in [1.54, 1.807) is 6.08 Å². The predicted octanol–water partition coefficient (Wildman–Crippen LogP) is 4.24. The highest BCUT2D eigenvalue weighted by atomic mass is 16.1. The first-order chi connectivity index (χ1) is 7.83. The molecule has 1 aromatic rings. The van der Waals surface area contributed by atoms with Crippen LogP contribution in [0.1, 0.15) is 44.6 Å². The zero-order chi connectivity index (χ0) is 11.6. The lowest BCUT2D eigenvalue weighted by molar-refractivity contribution is -0.114. The molecule has 0 bridgehead atoms. The fraction of sp³-hybridized carbons (Fsp3) is 0.400.